The topological polar surface area (TPSA) is 97.3 Å². The van der Waals surface area contributed by atoms with Crippen LogP contribution in [0.15, 0.2) is 51.8 Å². The molecule has 9 heteroatoms. The Morgan fingerprint density at radius 2 is 1.76 bits per heavy atom. The van der Waals surface area contributed by atoms with Crippen molar-refractivity contribution in [2.24, 2.45) is 10.3 Å². The summed E-state index contributed by atoms with van der Waals surface area (Å²) in [5, 5.41) is 3.12. The molecule has 8 nitrogen and oxygen atoms in total. The fraction of sp³-hybridized carbons (Fsp3) is 0.440. The molecule has 1 amide bonds. The molecular formula is C25H31N3O5S. The predicted molar refractivity (Wildman–Crippen MR) is 130 cm³/mol. The summed E-state index contributed by atoms with van der Waals surface area (Å²) in [5.74, 6) is 1.71. The van der Waals surface area contributed by atoms with Crippen LogP contribution in [-0.2, 0) is 14.8 Å². The molecule has 0 saturated carbocycles. The normalized spacial score (nSPS) is 18.1. The number of nitrogens with zero attached hydrogens (tertiary/aromatic N) is 2. The van der Waals surface area contributed by atoms with Crippen molar-refractivity contribution in [2.45, 2.75) is 44.6 Å². The van der Waals surface area contributed by atoms with Crippen molar-refractivity contribution >= 4 is 21.8 Å². The van der Waals surface area contributed by atoms with Gasteiger partial charge >= 0.3 is 0 Å². The fourth-order valence-electron chi connectivity index (χ4n) is 4.42. The van der Waals surface area contributed by atoms with E-state index < -0.39 is 10.0 Å². The number of hydrogen-bond acceptors (Lipinski definition) is 6. The molecule has 1 atom stereocenters. The average molecular weight is 486 g/mol. The average Bonchev–Trinajstić information content (AvgIpc) is 3.11. The molecule has 4 rings (SSSR count). The molecule has 2 heterocycles. The Morgan fingerprint density at radius 3 is 2.47 bits per heavy atom. The fourth-order valence-corrected chi connectivity index (χ4v) is 5.65. The molecule has 34 heavy (non-hydrogen) atoms. The molecule has 1 N–H and O–H groups in total. The van der Waals surface area contributed by atoms with Gasteiger partial charge in [0.05, 0.1) is 19.3 Å². The number of hydrogen-bond donors (Lipinski definition) is 1. The number of carbonyl (C=O) groups is 1. The third kappa shape index (κ3) is 4.89. The van der Waals surface area contributed by atoms with Gasteiger partial charge in [0.2, 0.25) is 5.91 Å². The lowest BCUT2D eigenvalue weighted by Crippen LogP contribution is -2.43. The van der Waals surface area contributed by atoms with Crippen LogP contribution in [0.25, 0.3) is 0 Å². The number of amides is 1. The summed E-state index contributed by atoms with van der Waals surface area (Å²) < 4.78 is 40.1. The van der Waals surface area contributed by atoms with Gasteiger partial charge in [0, 0.05) is 24.6 Å². The van der Waals surface area contributed by atoms with Crippen LogP contribution in [0.1, 0.15) is 50.8 Å². The second-order valence-electron chi connectivity index (χ2n) is 8.45. The van der Waals surface area contributed by atoms with Gasteiger partial charge in [-0.05, 0) is 63.4 Å². The number of sulfonamides is 1. The minimum absolute atomic E-state index is 0.000349. The van der Waals surface area contributed by atoms with E-state index in [4.69, 9.17) is 9.47 Å². The summed E-state index contributed by atoms with van der Waals surface area (Å²) in [6.45, 7) is 8.03. The van der Waals surface area contributed by atoms with E-state index in [1.54, 1.807) is 18.2 Å². The van der Waals surface area contributed by atoms with E-state index in [1.165, 1.54) is 0 Å². The maximum Gasteiger partial charge on any atom is 0.285 e. The van der Waals surface area contributed by atoms with Gasteiger partial charge < -0.3 is 19.7 Å². The van der Waals surface area contributed by atoms with Crippen molar-refractivity contribution in [2.75, 3.05) is 26.3 Å². The highest BCUT2D eigenvalue weighted by atomic mass is 32.2. The minimum atomic E-state index is -3.65. The van der Waals surface area contributed by atoms with E-state index >= 15 is 0 Å². The highest BCUT2D eigenvalue weighted by molar-refractivity contribution is 7.90. The summed E-state index contributed by atoms with van der Waals surface area (Å²) in [5.41, 5.74) is 1.58. The number of likely N-dealkylation sites (tertiary alicyclic amines) is 1. The Morgan fingerprint density at radius 1 is 1.09 bits per heavy atom. The number of nitrogens with one attached hydrogen (secondary N) is 1. The Balaban J connectivity index is 1.38. The number of carbonyl (C=O) groups excluding carboxylic acids is 1. The third-order valence-electron chi connectivity index (χ3n) is 6.20. The van der Waals surface area contributed by atoms with E-state index in [0.717, 1.165) is 5.56 Å². The summed E-state index contributed by atoms with van der Waals surface area (Å²) in [7, 11) is -3.65. The second kappa shape index (κ2) is 10.0. The number of ether oxygens (including phenoxy) is 2. The number of amidine groups is 1. The van der Waals surface area contributed by atoms with E-state index in [9.17, 15) is 13.2 Å². The highest BCUT2D eigenvalue weighted by Crippen LogP contribution is 2.32. The molecule has 2 aliphatic heterocycles. The van der Waals surface area contributed by atoms with Gasteiger partial charge in [0.25, 0.3) is 10.0 Å². The van der Waals surface area contributed by atoms with Crippen LogP contribution in [-0.4, -0.2) is 51.4 Å². The molecule has 0 bridgehead atoms. The first kappa shape index (κ1) is 24.1. The van der Waals surface area contributed by atoms with Crippen LogP contribution in [0.5, 0.6) is 11.5 Å². The largest absolute Gasteiger partial charge is 0.490 e. The summed E-state index contributed by atoms with van der Waals surface area (Å²) in [6.07, 6.45) is 1.26. The van der Waals surface area contributed by atoms with Crippen molar-refractivity contribution in [1.29, 1.82) is 0 Å². The SMILES string of the molecule is CCOc1ccc(C(C)NC(=O)C2CCN(C3=NS(=O)(=O)c4ccccc43)CC2)cc1OCC. The second-order valence-corrected chi connectivity index (χ2v) is 10.0. The van der Waals surface area contributed by atoms with E-state index in [1.807, 2.05) is 49.9 Å². The van der Waals surface area contributed by atoms with Crippen LogP contribution in [0.2, 0.25) is 0 Å². The summed E-state index contributed by atoms with van der Waals surface area (Å²) >= 11 is 0. The van der Waals surface area contributed by atoms with Crippen LogP contribution in [0.4, 0.5) is 0 Å². The summed E-state index contributed by atoms with van der Waals surface area (Å²) in [4.78, 5) is 15.2. The van der Waals surface area contributed by atoms with Crippen molar-refractivity contribution in [3.05, 3.63) is 53.6 Å². The highest BCUT2D eigenvalue weighted by Gasteiger charge is 2.34. The molecule has 1 fully saturated rings. The van der Waals surface area contributed by atoms with Crippen LogP contribution in [0, 0.1) is 5.92 Å². The zero-order chi connectivity index (χ0) is 24.3. The maximum atomic E-state index is 13.0. The lowest BCUT2D eigenvalue weighted by Gasteiger charge is -2.33. The molecule has 2 aliphatic rings. The Labute approximate surface area is 201 Å². The molecule has 0 aliphatic carbocycles. The molecular weight excluding hydrogens is 454 g/mol. The quantitative estimate of drug-likeness (QED) is 0.645. The van der Waals surface area contributed by atoms with Gasteiger partial charge in [-0.1, -0.05) is 18.2 Å². The molecule has 1 unspecified atom stereocenters. The smallest absolute Gasteiger partial charge is 0.285 e. The molecule has 182 valence electrons. The zero-order valence-corrected chi connectivity index (χ0v) is 20.6. The first-order chi connectivity index (χ1) is 16.3. The van der Waals surface area contributed by atoms with Crippen molar-refractivity contribution < 1.29 is 22.7 Å². The van der Waals surface area contributed by atoms with Gasteiger partial charge in [0.15, 0.2) is 17.3 Å². The van der Waals surface area contributed by atoms with Crippen LogP contribution < -0.4 is 14.8 Å². The monoisotopic (exact) mass is 485 g/mol. The molecule has 2 aromatic carbocycles. The van der Waals surface area contributed by atoms with Crippen molar-refractivity contribution in [3.63, 3.8) is 0 Å². The molecule has 0 radical (unpaired) electrons. The number of fused-ring (bicyclic) bond motifs is 1. The van der Waals surface area contributed by atoms with Crippen molar-refractivity contribution in [3.8, 4) is 11.5 Å². The lowest BCUT2D eigenvalue weighted by molar-refractivity contribution is -0.126. The predicted octanol–water partition coefficient (Wildman–Crippen LogP) is 3.52. The standard InChI is InChI=1S/C25H31N3O5S/c1-4-32-21-11-10-19(16-22(21)33-5-2)17(3)26-25(29)18-12-14-28(15-13-18)24-20-8-6-7-9-23(20)34(30,31)27-24/h6-11,16-18H,4-5,12-15H2,1-3H3,(H,26,29). The van der Waals surface area contributed by atoms with E-state index in [-0.39, 0.29) is 22.8 Å². The minimum Gasteiger partial charge on any atom is -0.490 e. The third-order valence-corrected chi connectivity index (χ3v) is 7.53. The lowest BCUT2D eigenvalue weighted by atomic mass is 9.94. The van der Waals surface area contributed by atoms with Gasteiger partial charge in [-0.25, -0.2) is 0 Å². The van der Waals surface area contributed by atoms with Gasteiger partial charge in [0.1, 0.15) is 4.90 Å². The molecule has 2 aromatic rings. The zero-order valence-electron chi connectivity index (χ0n) is 19.8. The Kier molecular flexibility index (Phi) is 7.11. The first-order valence-electron chi connectivity index (χ1n) is 11.7. The van der Waals surface area contributed by atoms with Gasteiger partial charge in [-0.2, -0.15) is 8.42 Å². The van der Waals surface area contributed by atoms with Crippen LogP contribution in [0.3, 0.4) is 0 Å². The van der Waals surface area contributed by atoms with Crippen LogP contribution >= 0.6 is 0 Å². The summed E-state index contributed by atoms with van der Waals surface area (Å²) in [6, 6.07) is 12.4. The van der Waals surface area contributed by atoms with Gasteiger partial charge in [-0.3, -0.25) is 4.79 Å². The number of rotatable bonds is 7. The molecule has 0 spiro atoms. The Hall–Kier alpha value is -3.07. The van der Waals surface area contributed by atoms with Gasteiger partial charge in [-0.15, -0.1) is 4.40 Å². The molecule has 0 aromatic heterocycles. The van der Waals surface area contributed by atoms with Crippen molar-refractivity contribution in [1.82, 2.24) is 10.2 Å². The Bertz CT molecular complexity index is 1190. The number of piperidine rings is 1. The molecule has 1 saturated heterocycles. The maximum absolute atomic E-state index is 13.0. The first-order valence-corrected chi connectivity index (χ1v) is 13.2. The van der Waals surface area contributed by atoms with E-state index in [2.05, 4.69) is 9.71 Å². The van der Waals surface area contributed by atoms with E-state index in [0.29, 0.717) is 62.0 Å². The number of benzene rings is 2.